The average Bonchev–Trinajstić information content (AvgIpc) is 3.25. The van der Waals surface area contributed by atoms with Crippen LogP contribution in [0.3, 0.4) is 0 Å². The van der Waals surface area contributed by atoms with Crippen LogP contribution in [0.15, 0.2) is 90.1 Å². The molecule has 1 amide bonds. The maximum atomic E-state index is 13.5. The minimum absolute atomic E-state index is 0.0255. The van der Waals surface area contributed by atoms with E-state index in [2.05, 4.69) is 20.4 Å². The molecule has 8 nitrogen and oxygen atoms in total. The summed E-state index contributed by atoms with van der Waals surface area (Å²) in [6.45, 7) is 0.0378. The molecule has 9 heteroatoms. The van der Waals surface area contributed by atoms with Gasteiger partial charge in [-0.25, -0.2) is 19.0 Å². The number of carbonyl (C=O) groups is 1. The first-order chi connectivity index (χ1) is 16.1. The summed E-state index contributed by atoms with van der Waals surface area (Å²) < 4.78 is 16.5. The van der Waals surface area contributed by atoms with Gasteiger partial charge in [0.2, 0.25) is 0 Å². The van der Waals surface area contributed by atoms with Crippen molar-refractivity contribution in [3.63, 3.8) is 0 Å². The number of aromatic nitrogens is 5. The van der Waals surface area contributed by atoms with E-state index in [4.69, 9.17) is 0 Å². The number of nitrogens with zero attached hydrogens (tertiary/aromatic N) is 5. The highest BCUT2D eigenvalue weighted by Gasteiger charge is 2.13. The molecule has 0 aliphatic carbocycles. The summed E-state index contributed by atoms with van der Waals surface area (Å²) in [5.41, 5.74) is 1.15. The van der Waals surface area contributed by atoms with E-state index in [1.807, 2.05) is 41.1 Å². The Balaban J connectivity index is 1.39. The predicted octanol–water partition coefficient (Wildman–Crippen LogP) is 3.42. The molecule has 3 aromatic heterocycles. The highest BCUT2D eigenvalue weighted by atomic mass is 19.1. The van der Waals surface area contributed by atoms with Crippen LogP contribution in [0.25, 0.3) is 16.7 Å². The van der Waals surface area contributed by atoms with Gasteiger partial charge in [0, 0.05) is 18.3 Å². The van der Waals surface area contributed by atoms with Crippen LogP contribution in [0.4, 0.5) is 10.2 Å². The van der Waals surface area contributed by atoms with Crippen molar-refractivity contribution in [1.82, 2.24) is 24.3 Å². The number of fused-ring (bicyclic) bond motifs is 1. The molecule has 0 radical (unpaired) electrons. The molecule has 0 fully saturated rings. The molecule has 2 aromatic carbocycles. The fraction of sp³-hybridized carbons (Fsp3) is 0.0417. The summed E-state index contributed by atoms with van der Waals surface area (Å²) in [6.07, 6.45) is 3.25. The van der Waals surface area contributed by atoms with Gasteiger partial charge in [0.1, 0.15) is 29.5 Å². The van der Waals surface area contributed by atoms with E-state index in [-0.39, 0.29) is 18.1 Å². The monoisotopic (exact) mass is 440 g/mol. The van der Waals surface area contributed by atoms with Gasteiger partial charge in [-0.2, -0.15) is 5.10 Å². The molecule has 5 aromatic rings. The highest BCUT2D eigenvalue weighted by Crippen LogP contribution is 2.20. The summed E-state index contributed by atoms with van der Waals surface area (Å²) in [7, 11) is 0. The third-order valence-corrected chi connectivity index (χ3v) is 5.06. The van der Waals surface area contributed by atoms with Crippen LogP contribution >= 0.6 is 0 Å². The second-order valence-corrected chi connectivity index (χ2v) is 7.30. The summed E-state index contributed by atoms with van der Waals surface area (Å²) >= 11 is 0. The lowest BCUT2D eigenvalue weighted by Gasteiger charge is -2.09. The number of para-hydroxylation sites is 1. The molecular formula is C24H17FN6O2. The molecule has 0 aliphatic rings. The lowest BCUT2D eigenvalue weighted by molar-refractivity contribution is 0.101. The van der Waals surface area contributed by atoms with E-state index in [1.165, 1.54) is 30.6 Å². The van der Waals surface area contributed by atoms with Crippen LogP contribution in [-0.4, -0.2) is 30.2 Å². The van der Waals surface area contributed by atoms with Crippen molar-refractivity contribution in [2.24, 2.45) is 0 Å². The Bertz CT molecular complexity index is 1540. The molecule has 1 N–H and O–H groups in total. The van der Waals surface area contributed by atoms with Gasteiger partial charge in [-0.15, -0.1) is 0 Å². The zero-order valence-corrected chi connectivity index (χ0v) is 17.2. The van der Waals surface area contributed by atoms with Crippen molar-refractivity contribution in [3.05, 3.63) is 113 Å². The summed E-state index contributed by atoms with van der Waals surface area (Å²) in [4.78, 5) is 33.4. The number of rotatable bonds is 5. The molecule has 5 rings (SSSR count). The molecule has 0 aliphatic heterocycles. The number of carbonyl (C=O) groups excluding carboxylic acids is 1. The number of hydrogen-bond acceptors (Lipinski definition) is 5. The largest absolute Gasteiger partial charge is 0.305 e. The first kappa shape index (κ1) is 20.3. The van der Waals surface area contributed by atoms with E-state index in [9.17, 15) is 14.0 Å². The topological polar surface area (TPSA) is 94.7 Å². The number of hydrogen-bond donors (Lipinski definition) is 1. The number of benzene rings is 2. The molecule has 0 spiro atoms. The molecule has 0 atom stereocenters. The maximum Gasteiger partial charge on any atom is 0.277 e. The van der Waals surface area contributed by atoms with Gasteiger partial charge in [0.25, 0.3) is 11.5 Å². The molecular weight excluding hydrogens is 423 g/mol. The maximum absolute atomic E-state index is 13.5. The Hall–Kier alpha value is -4.66. The second kappa shape index (κ2) is 8.46. The van der Waals surface area contributed by atoms with Gasteiger partial charge < -0.3 is 9.88 Å². The molecule has 0 unspecified atom stereocenters. The Labute approximate surface area is 187 Å². The molecule has 0 saturated carbocycles. The van der Waals surface area contributed by atoms with E-state index < -0.39 is 17.3 Å². The second-order valence-electron chi connectivity index (χ2n) is 7.30. The van der Waals surface area contributed by atoms with Crippen molar-refractivity contribution >= 4 is 22.6 Å². The Morgan fingerprint density at radius 1 is 0.970 bits per heavy atom. The normalized spacial score (nSPS) is 10.9. The van der Waals surface area contributed by atoms with Crippen LogP contribution in [-0.2, 0) is 6.54 Å². The van der Waals surface area contributed by atoms with E-state index in [0.29, 0.717) is 11.4 Å². The predicted molar refractivity (Wildman–Crippen MR) is 121 cm³/mol. The number of halogens is 1. The molecule has 33 heavy (non-hydrogen) atoms. The number of anilines is 1. The summed E-state index contributed by atoms with van der Waals surface area (Å²) in [5, 5.41) is 7.88. The number of nitrogens with one attached hydrogen (secondary N) is 1. The minimum Gasteiger partial charge on any atom is -0.305 e. The standard InChI is InChI=1S/C24H17FN6O2/c25-18-6-3-4-16(12-18)14-31-23(32)9-8-19(29-31)24(33)28-21-13-22(27-15-26-21)30-11-10-17-5-1-2-7-20(17)30/h1-13,15H,14H2,(H,26,27,28,33). The van der Waals surface area contributed by atoms with Gasteiger partial charge in [-0.1, -0.05) is 30.3 Å². The van der Waals surface area contributed by atoms with Gasteiger partial charge in [0.05, 0.1) is 12.1 Å². The first-order valence-corrected chi connectivity index (χ1v) is 10.1. The van der Waals surface area contributed by atoms with Gasteiger partial charge in [0.15, 0.2) is 0 Å². The Morgan fingerprint density at radius 3 is 2.73 bits per heavy atom. The van der Waals surface area contributed by atoms with Crippen LogP contribution in [0.5, 0.6) is 0 Å². The quantitative estimate of drug-likeness (QED) is 0.452. The van der Waals surface area contributed by atoms with Crippen molar-refractivity contribution in [1.29, 1.82) is 0 Å². The van der Waals surface area contributed by atoms with Gasteiger partial charge in [-0.05, 0) is 41.3 Å². The third-order valence-electron chi connectivity index (χ3n) is 5.06. The van der Waals surface area contributed by atoms with Crippen LogP contribution < -0.4 is 10.9 Å². The molecule has 0 bridgehead atoms. The average molecular weight is 440 g/mol. The van der Waals surface area contributed by atoms with Crippen molar-refractivity contribution in [2.75, 3.05) is 5.32 Å². The van der Waals surface area contributed by atoms with Crippen molar-refractivity contribution < 1.29 is 9.18 Å². The van der Waals surface area contributed by atoms with Crippen molar-refractivity contribution in [3.8, 4) is 5.82 Å². The van der Waals surface area contributed by atoms with Crippen molar-refractivity contribution in [2.45, 2.75) is 6.54 Å². The highest BCUT2D eigenvalue weighted by molar-refractivity contribution is 6.02. The zero-order chi connectivity index (χ0) is 22.8. The Morgan fingerprint density at radius 2 is 1.85 bits per heavy atom. The molecule has 162 valence electrons. The number of amides is 1. The van der Waals surface area contributed by atoms with E-state index in [0.717, 1.165) is 15.6 Å². The summed E-state index contributed by atoms with van der Waals surface area (Å²) in [5.74, 6) is -0.0764. The smallest absolute Gasteiger partial charge is 0.277 e. The SMILES string of the molecule is O=C(Nc1cc(-n2ccc3ccccc32)ncn1)c1ccc(=O)n(Cc2cccc(F)c2)n1. The fourth-order valence-electron chi connectivity index (χ4n) is 3.50. The Kier molecular flexibility index (Phi) is 5.19. The van der Waals surface area contributed by atoms with Gasteiger partial charge in [-0.3, -0.25) is 9.59 Å². The fourth-order valence-corrected chi connectivity index (χ4v) is 3.50. The summed E-state index contributed by atoms with van der Waals surface area (Å²) in [6, 6.07) is 19.9. The first-order valence-electron chi connectivity index (χ1n) is 10.1. The van der Waals surface area contributed by atoms with E-state index in [1.54, 1.807) is 18.2 Å². The lowest BCUT2D eigenvalue weighted by atomic mass is 10.2. The third kappa shape index (κ3) is 4.24. The van der Waals surface area contributed by atoms with Crippen LogP contribution in [0.2, 0.25) is 0 Å². The lowest BCUT2D eigenvalue weighted by Crippen LogP contribution is -2.26. The molecule has 3 heterocycles. The van der Waals surface area contributed by atoms with E-state index >= 15 is 0 Å². The van der Waals surface area contributed by atoms with Crippen LogP contribution in [0, 0.1) is 5.82 Å². The van der Waals surface area contributed by atoms with Gasteiger partial charge >= 0.3 is 0 Å². The molecule has 0 saturated heterocycles. The zero-order valence-electron chi connectivity index (χ0n) is 17.2. The van der Waals surface area contributed by atoms with Crippen LogP contribution in [0.1, 0.15) is 16.1 Å². The minimum atomic E-state index is -0.537.